The van der Waals surface area contributed by atoms with Gasteiger partial charge in [-0.3, -0.25) is 0 Å². The molecule has 0 bridgehead atoms. The molecule has 4 heteroatoms. The molecular weight excluding hydrogens is 204 g/mol. The summed E-state index contributed by atoms with van der Waals surface area (Å²) >= 11 is 0. The molecule has 1 aromatic heterocycles. The lowest BCUT2D eigenvalue weighted by Crippen LogP contribution is -1.94. The maximum absolute atomic E-state index is 5.25. The van der Waals surface area contributed by atoms with Crippen LogP contribution in [0.1, 0.15) is 0 Å². The summed E-state index contributed by atoms with van der Waals surface area (Å²) in [5.41, 5.74) is 1.00. The van der Waals surface area contributed by atoms with Gasteiger partial charge in [0.05, 0.1) is 14.2 Å². The number of aryl methyl sites for hydroxylation is 1. The highest BCUT2D eigenvalue weighted by molar-refractivity contribution is 5.61. The van der Waals surface area contributed by atoms with Crippen molar-refractivity contribution in [1.82, 2.24) is 9.55 Å². The number of methoxy groups -OCH3 is 2. The van der Waals surface area contributed by atoms with Gasteiger partial charge in [0.1, 0.15) is 5.82 Å². The van der Waals surface area contributed by atoms with Gasteiger partial charge < -0.3 is 14.0 Å². The van der Waals surface area contributed by atoms with Gasteiger partial charge in [-0.2, -0.15) is 0 Å². The summed E-state index contributed by atoms with van der Waals surface area (Å²) in [6.45, 7) is 0. The van der Waals surface area contributed by atoms with Crippen molar-refractivity contribution >= 4 is 0 Å². The topological polar surface area (TPSA) is 36.3 Å². The number of rotatable bonds is 3. The molecule has 0 atom stereocenters. The molecule has 2 aromatic rings. The molecule has 0 aliphatic carbocycles. The van der Waals surface area contributed by atoms with E-state index < -0.39 is 0 Å². The maximum atomic E-state index is 5.25. The van der Waals surface area contributed by atoms with Crippen LogP contribution in [-0.4, -0.2) is 23.8 Å². The first kappa shape index (κ1) is 10.5. The van der Waals surface area contributed by atoms with E-state index in [9.17, 15) is 0 Å². The molecule has 0 unspecified atom stereocenters. The number of benzene rings is 1. The van der Waals surface area contributed by atoms with Crippen LogP contribution in [0.3, 0.4) is 0 Å². The van der Waals surface area contributed by atoms with Crippen molar-refractivity contribution in [1.29, 1.82) is 0 Å². The maximum Gasteiger partial charge on any atom is 0.161 e. The van der Waals surface area contributed by atoms with Crippen LogP contribution >= 0.6 is 0 Å². The molecule has 0 saturated heterocycles. The smallest absolute Gasteiger partial charge is 0.161 e. The molecule has 2 rings (SSSR count). The van der Waals surface area contributed by atoms with Gasteiger partial charge in [-0.1, -0.05) is 0 Å². The summed E-state index contributed by atoms with van der Waals surface area (Å²) in [7, 11) is 5.21. The van der Waals surface area contributed by atoms with Crippen molar-refractivity contribution in [3.05, 3.63) is 30.6 Å². The Balaban J connectivity index is 2.48. The second-order valence-corrected chi connectivity index (χ2v) is 3.43. The highest BCUT2D eigenvalue weighted by atomic mass is 16.5. The van der Waals surface area contributed by atoms with Crippen LogP contribution in [-0.2, 0) is 7.05 Å². The Hall–Kier alpha value is -1.97. The first-order valence-corrected chi connectivity index (χ1v) is 4.96. The fourth-order valence-corrected chi connectivity index (χ4v) is 1.62. The van der Waals surface area contributed by atoms with Crippen molar-refractivity contribution in [3.63, 3.8) is 0 Å². The fourth-order valence-electron chi connectivity index (χ4n) is 1.62. The molecule has 0 aliphatic heterocycles. The van der Waals surface area contributed by atoms with E-state index in [1.165, 1.54) is 0 Å². The van der Waals surface area contributed by atoms with E-state index in [4.69, 9.17) is 9.47 Å². The first-order valence-electron chi connectivity index (χ1n) is 4.96. The molecule has 0 amide bonds. The summed E-state index contributed by atoms with van der Waals surface area (Å²) < 4.78 is 12.4. The third-order valence-corrected chi connectivity index (χ3v) is 2.46. The quantitative estimate of drug-likeness (QED) is 0.791. The Morgan fingerprint density at radius 3 is 2.44 bits per heavy atom. The number of imidazole rings is 1. The van der Waals surface area contributed by atoms with Gasteiger partial charge >= 0.3 is 0 Å². The molecule has 0 N–H and O–H groups in total. The first-order chi connectivity index (χ1) is 7.76. The predicted octanol–water partition coefficient (Wildman–Crippen LogP) is 2.10. The number of aromatic nitrogens is 2. The summed E-state index contributed by atoms with van der Waals surface area (Å²) in [5, 5.41) is 0. The van der Waals surface area contributed by atoms with E-state index >= 15 is 0 Å². The van der Waals surface area contributed by atoms with E-state index in [1.54, 1.807) is 20.4 Å². The van der Waals surface area contributed by atoms with E-state index in [1.807, 2.05) is 36.0 Å². The third-order valence-electron chi connectivity index (χ3n) is 2.46. The molecule has 84 valence electrons. The SMILES string of the molecule is COc1ccc(-c2nccn2C)cc1OC. The molecule has 0 saturated carbocycles. The van der Waals surface area contributed by atoms with Crippen LogP contribution in [0.15, 0.2) is 30.6 Å². The van der Waals surface area contributed by atoms with Crippen molar-refractivity contribution in [2.24, 2.45) is 7.05 Å². The number of ether oxygens (including phenoxy) is 2. The minimum atomic E-state index is 0.711. The molecule has 0 radical (unpaired) electrons. The Labute approximate surface area is 94.4 Å². The van der Waals surface area contributed by atoms with Gasteiger partial charge in [0, 0.05) is 25.0 Å². The zero-order valence-corrected chi connectivity index (χ0v) is 9.60. The van der Waals surface area contributed by atoms with E-state index in [0.29, 0.717) is 5.75 Å². The van der Waals surface area contributed by atoms with Gasteiger partial charge in [-0.25, -0.2) is 4.98 Å². The zero-order chi connectivity index (χ0) is 11.5. The van der Waals surface area contributed by atoms with Crippen LogP contribution < -0.4 is 9.47 Å². The molecule has 0 spiro atoms. The lowest BCUT2D eigenvalue weighted by atomic mass is 10.2. The minimum Gasteiger partial charge on any atom is -0.493 e. The molecular formula is C12H14N2O2. The van der Waals surface area contributed by atoms with E-state index in [0.717, 1.165) is 17.1 Å². The Morgan fingerprint density at radius 2 is 1.88 bits per heavy atom. The molecule has 4 nitrogen and oxygen atoms in total. The fraction of sp³-hybridized carbons (Fsp3) is 0.250. The molecule has 1 heterocycles. The van der Waals surface area contributed by atoms with Gasteiger partial charge in [0.15, 0.2) is 11.5 Å². The largest absolute Gasteiger partial charge is 0.493 e. The second kappa shape index (κ2) is 4.26. The number of hydrogen-bond donors (Lipinski definition) is 0. The standard InChI is InChI=1S/C12H14N2O2/c1-14-7-6-13-12(14)9-4-5-10(15-2)11(8-9)16-3/h4-8H,1-3H3. The van der Waals surface area contributed by atoms with Crippen LogP contribution in [0.2, 0.25) is 0 Å². The predicted molar refractivity (Wildman–Crippen MR) is 61.7 cm³/mol. The molecule has 1 aromatic carbocycles. The highest BCUT2D eigenvalue weighted by Gasteiger charge is 2.08. The van der Waals surface area contributed by atoms with Crippen molar-refractivity contribution in [2.75, 3.05) is 14.2 Å². The number of nitrogens with zero attached hydrogens (tertiary/aromatic N) is 2. The zero-order valence-electron chi connectivity index (χ0n) is 9.60. The summed E-state index contributed by atoms with van der Waals surface area (Å²) in [6.07, 6.45) is 3.68. The third kappa shape index (κ3) is 1.74. The lowest BCUT2D eigenvalue weighted by molar-refractivity contribution is 0.355. The van der Waals surface area contributed by atoms with Crippen LogP contribution in [0, 0.1) is 0 Å². The normalized spacial score (nSPS) is 10.2. The van der Waals surface area contributed by atoms with Gasteiger partial charge in [-0.05, 0) is 18.2 Å². The van der Waals surface area contributed by atoms with Crippen molar-refractivity contribution < 1.29 is 9.47 Å². The summed E-state index contributed by atoms with van der Waals surface area (Å²) in [4.78, 5) is 4.28. The minimum absolute atomic E-state index is 0.711. The molecule has 0 aliphatic rings. The average Bonchev–Trinajstić information content (AvgIpc) is 2.74. The summed E-state index contributed by atoms with van der Waals surface area (Å²) in [6, 6.07) is 5.76. The van der Waals surface area contributed by atoms with Crippen LogP contribution in [0.25, 0.3) is 11.4 Å². The van der Waals surface area contributed by atoms with Crippen molar-refractivity contribution in [3.8, 4) is 22.9 Å². The van der Waals surface area contributed by atoms with Crippen LogP contribution in [0.4, 0.5) is 0 Å². The average molecular weight is 218 g/mol. The Bertz CT molecular complexity index is 492. The van der Waals surface area contributed by atoms with Gasteiger partial charge in [0.2, 0.25) is 0 Å². The monoisotopic (exact) mass is 218 g/mol. The lowest BCUT2D eigenvalue weighted by Gasteiger charge is -2.09. The van der Waals surface area contributed by atoms with E-state index in [-0.39, 0.29) is 0 Å². The second-order valence-electron chi connectivity index (χ2n) is 3.43. The van der Waals surface area contributed by atoms with Gasteiger partial charge in [-0.15, -0.1) is 0 Å². The Kier molecular flexibility index (Phi) is 2.81. The Morgan fingerprint density at radius 1 is 1.12 bits per heavy atom. The molecule has 0 fully saturated rings. The summed E-state index contributed by atoms with van der Waals surface area (Å²) in [5.74, 6) is 2.34. The van der Waals surface area contributed by atoms with Crippen molar-refractivity contribution in [2.45, 2.75) is 0 Å². The number of hydrogen-bond acceptors (Lipinski definition) is 3. The van der Waals surface area contributed by atoms with E-state index in [2.05, 4.69) is 4.98 Å². The van der Waals surface area contributed by atoms with Crippen LogP contribution in [0.5, 0.6) is 11.5 Å². The highest BCUT2D eigenvalue weighted by Crippen LogP contribution is 2.31. The van der Waals surface area contributed by atoms with Gasteiger partial charge in [0.25, 0.3) is 0 Å². The molecule has 16 heavy (non-hydrogen) atoms.